The summed E-state index contributed by atoms with van der Waals surface area (Å²) < 4.78 is 40.2. The molecule has 2 aliphatic carbocycles. The molecule has 2 rings (SSSR count). The molecule has 2 fully saturated rings. The molecule has 2 bridgehead atoms. The van der Waals surface area contributed by atoms with Crippen molar-refractivity contribution in [1.82, 2.24) is 5.32 Å². The van der Waals surface area contributed by atoms with Crippen LogP contribution in [-0.4, -0.2) is 24.9 Å². The molecule has 0 aromatic heterocycles. The van der Waals surface area contributed by atoms with Crippen molar-refractivity contribution in [3.63, 3.8) is 0 Å². The van der Waals surface area contributed by atoms with E-state index >= 15 is 0 Å². The average Bonchev–Trinajstić information content (AvgIpc) is 2.72. The maximum atomic E-state index is 12.0. The maximum Gasteiger partial charge on any atom is 0.422 e. The number of alkyl halides is 3. The summed E-state index contributed by atoms with van der Waals surface area (Å²) in [7, 11) is 0. The van der Waals surface area contributed by atoms with Crippen LogP contribution < -0.4 is 5.32 Å². The van der Waals surface area contributed by atoms with Crippen LogP contribution in [0, 0.1) is 16.7 Å². The Balaban J connectivity index is 1.97. The van der Waals surface area contributed by atoms with Crippen LogP contribution in [0.25, 0.3) is 0 Å². The number of halogens is 3. The number of amides is 1. The zero-order valence-corrected chi connectivity index (χ0v) is 11.4. The Morgan fingerprint density at radius 3 is 2.47 bits per heavy atom. The molecular weight excluding hydrogens is 259 g/mol. The lowest BCUT2D eigenvalue weighted by Gasteiger charge is -2.42. The number of ether oxygens (including phenoxy) is 1. The highest BCUT2D eigenvalue weighted by Gasteiger charge is 2.59. The van der Waals surface area contributed by atoms with Gasteiger partial charge in [0, 0.05) is 6.04 Å². The Hall–Kier alpha value is -0.940. The fraction of sp³-hybridized carbons (Fsp3) is 0.923. The van der Waals surface area contributed by atoms with Gasteiger partial charge >= 0.3 is 12.3 Å². The van der Waals surface area contributed by atoms with Gasteiger partial charge in [0.05, 0.1) is 0 Å². The maximum absolute atomic E-state index is 12.0. The molecule has 110 valence electrons. The lowest BCUT2D eigenvalue weighted by atomic mass is 9.68. The summed E-state index contributed by atoms with van der Waals surface area (Å²) in [5.74, 6) is 0.519. The monoisotopic (exact) mass is 279 g/mol. The minimum absolute atomic E-state index is 0.0224. The van der Waals surface area contributed by atoms with Gasteiger partial charge in [-0.2, -0.15) is 13.2 Å². The number of alkyl carbamates (subject to hydrolysis) is 1. The SMILES string of the molecule is CC12CCC(C1)C(C)(C)C2NC(=O)OCC(F)(F)F. The number of hydrogen-bond acceptors (Lipinski definition) is 2. The molecule has 0 aliphatic heterocycles. The van der Waals surface area contributed by atoms with E-state index < -0.39 is 18.9 Å². The van der Waals surface area contributed by atoms with E-state index in [1.165, 1.54) is 0 Å². The van der Waals surface area contributed by atoms with Crippen molar-refractivity contribution in [2.24, 2.45) is 16.7 Å². The fourth-order valence-corrected chi connectivity index (χ4v) is 3.97. The van der Waals surface area contributed by atoms with Gasteiger partial charge in [-0.15, -0.1) is 0 Å². The second-order valence-electron chi connectivity index (χ2n) is 6.68. The van der Waals surface area contributed by atoms with Crippen molar-refractivity contribution < 1.29 is 22.7 Å². The van der Waals surface area contributed by atoms with Crippen LogP contribution in [0.5, 0.6) is 0 Å². The summed E-state index contributed by atoms with van der Waals surface area (Å²) in [6.45, 7) is 4.69. The average molecular weight is 279 g/mol. The zero-order valence-electron chi connectivity index (χ0n) is 11.4. The molecule has 3 unspecified atom stereocenters. The van der Waals surface area contributed by atoms with Crippen molar-refractivity contribution in [3.8, 4) is 0 Å². The van der Waals surface area contributed by atoms with Crippen LogP contribution in [0.4, 0.5) is 18.0 Å². The van der Waals surface area contributed by atoms with E-state index in [0.29, 0.717) is 5.92 Å². The molecule has 6 heteroatoms. The van der Waals surface area contributed by atoms with Crippen LogP contribution in [0.15, 0.2) is 0 Å². The molecular formula is C13H20F3NO2. The minimum Gasteiger partial charge on any atom is -0.440 e. The lowest BCUT2D eigenvalue weighted by Crippen LogP contribution is -2.52. The van der Waals surface area contributed by atoms with Crippen LogP contribution in [-0.2, 0) is 4.74 Å². The van der Waals surface area contributed by atoms with E-state index in [9.17, 15) is 18.0 Å². The number of nitrogens with one attached hydrogen (secondary N) is 1. The molecule has 3 nitrogen and oxygen atoms in total. The number of fused-ring (bicyclic) bond motifs is 2. The van der Waals surface area contributed by atoms with Gasteiger partial charge in [-0.05, 0) is 36.0 Å². The molecule has 2 saturated carbocycles. The predicted molar refractivity (Wildman–Crippen MR) is 63.6 cm³/mol. The highest BCUT2D eigenvalue weighted by molar-refractivity contribution is 5.68. The van der Waals surface area contributed by atoms with Crippen molar-refractivity contribution in [1.29, 1.82) is 0 Å². The third kappa shape index (κ3) is 2.67. The van der Waals surface area contributed by atoms with E-state index in [0.717, 1.165) is 19.3 Å². The molecule has 0 aromatic rings. The Morgan fingerprint density at radius 1 is 1.37 bits per heavy atom. The van der Waals surface area contributed by atoms with E-state index in [1.807, 2.05) is 0 Å². The first-order valence-electron chi connectivity index (χ1n) is 6.55. The van der Waals surface area contributed by atoms with Crippen molar-refractivity contribution in [2.75, 3.05) is 6.61 Å². The molecule has 19 heavy (non-hydrogen) atoms. The highest BCUT2D eigenvalue weighted by atomic mass is 19.4. The topological polar surface area (TPSA) is 38.3 Å². The Labute approximate surface area is 110 Å². The first-order valence-corrected chi connectivity index (χ1v) is 6.55. The van der Waals surface area contributed by atoms with Gasteiger partial charge in [0.2, 0.25) is 0 Å². The first-order chi connectivity index (χ1) is 8.55. The zero-order chi connectivity index (χ0) is 14.5. The molecule has 1 N–H and O–H groups in total. The second-order valence-corrected chi connectivity index (χ2v) is 6.68. The lowest BCUT2D eigenvalue weighted by molar-refractivity contribution is -0.160. The van der Waals surface area contributed by atoms with Gasteiger partial charge < -0.3 is 10.1 Å². The Bertz CT molecular complexity index is 376. The summed E-state index contributed by atoms with van der Waals surface area (Å²) in [6, 6.07) is -0.125. The molecule has 1 amide bonds. The third-order valence-electron chi connectivity index (χ3n) is 4.90. The molecule has 0 aromatic carbocycles. The summed E-state index contributed by atoms with van der Waals surface area (Å²) in [4.78, 5) is 11.5. The van der Waals surface area contributed by atoms with Crippen molar-refractivity contribution >= 4 is 6.09 Å². The van der Waals surface area contributed by atoms with Crippen LogP contribution >= 0.6 is 0 Å². The fourth-order valence-electron chi connectivity index (χ4n) is 3.97. The van der Waals surface area contributed by atoms with Crippen LogP contribution in [0.3, 0.4) is 0 Å². The van der Waals surface area contributed by atoms with Gasteiger partial charge in [0.1, 0.15) is 0 Å². The number of carbonyl (C=O) groups excluding carboxylic acids is 1. The summed E-state index contributed by atoms with van der Waals surface area (Å²) >= 11 is 0. The number of carbonyl (C=O) groups is 1. The van der Waals surface area contributed by atoms with Gasteiger partial charge in [0.15, 0.2) is 6.61 Å². The Morgan fingerprint density at radius 2 is 2.00 bits per heavy atom. The minimum atomic E-state index is -4.48. The predicted octanol–water partition coefficient (Wildman–Crippen LogP) is 3.49. The van der Waals surface area contributed by atoms with Gasteiger partial charge in [-0.1, -0.05) is 20.8 Å². The van der Waals surface area contributed by atoms with Crippen LogP contribution in [0.2, 0.25) is 0 Å². The third-order valence-corrected chi connectivity index (χ3v) is 4.90. The highest BCUT2D eigenvalue weighted by Crippen LogP contribution is 2.62. The Kier molecular flexibility index (Phi) is 3.26. The van der Waals surface area contributed by atoms with E-state index in [1.54, 1.807) is 0 Å². The molecule has 2 aliphatic rings. The molecule has 3 atom stereocenters. The smallest absolute Gasteiger partial charge is 0.422 e. The molecule has 0 radical (unpaired) electrons. The van der Waals surface area contributed by atoms with Gasteiger partial charge in [0.25, 0.3) is 0 Å². The summed E-state index contributed by atoms with van der Waals surface area (Å²) in [5.41, 5.74) is -0.115. The quantitative estimate of drug-likeness (QED) is 0.840. The first kappa shape index (κ1) is 14.5. The largest absolute Gasteiger partial charge is 0.440 e. The summed E-state index contributed by atoms with van der Waals surface area (Å²) in [6.07, 6.45) is -2.30. The van der Waals surface area contributed by atoms with Crippen molar-refractivity contribution in [3.05, 3.63) is 0 Å². The summed E-state index contributed by atoms with van der Waals surface area (Å²) in [5, 5.41) is 2.65. The second kappa shape index (κ2) is 4.28. The molecule has 0 saturated heterocycles. The molecule has 0 spiro atoms. The number of rotatable bonds is 2. The van der Waals surface area contributed by atoms with Crippen LogP contribution in [0.1, 0.15) is 40.0 Å². The molecule has 0 heterocycles. The van der Waals surface area contributed by atoms with Gasteiger partial charge in [-0.25, -0.2) is 4.79 Å². The van der Waals surface area contributed by atoms with Gasteiger partial charge in [-0.3, -0.25) is 0 Å². The normalized spacial score (nSPS) is 36.3. The van der Waals surface area contributed by atoms with E-state index in [4.69, 9.17) is 0 Å². The van der Waals surface area contributed by atoms with Crippen molar-refractivity contribution in [2.45, 2.75) is 52.3 Å². The van der Waals surface area contributed by atoms with E-state index in [-0.39, 0.29) is 16.9 Å². The number of hydrogen-bond donors (Lipinski definition) is 1. The standard InChI is InChI=1S/C13H20F3NO2/c1-11(2)8-4-5-12(3,6-8)9(11)17-10(18)19-7-13(14,15)16/h8-9H,4-7H2,1-3H3,(H,17,18). The van der Waals surface area contributed by atoms with E-state index in [2.05, 4.69) is 30.8 Å².